The number of nitrogens with zero attached hydrogens (tertiary/aromatic N) is 1. The third-order valence-corrected chi connectivity index (χ3v) is 3.63. The molecule has 19 heavy (non-hydrogen) atoms. The van der Waals surface area contributed by atoms with Crippen LogP contribution >= 0.6 is 0 Å². The van der Waals surface area contributed by atoms with Crippen molar-refractivity contribution in [3.8, 4) is 11.5 Å². The maximum atomic E-state index is 10.8. The molecular formula is C15H13NO3. The summed E-state index contributed by atoms with van der Waals surface area (Å²) in [6, 6.07) is 12.6. The summed E-state index contributed by atoms with van der Waals surface area (Å²) >= 11 is 0. The minimum absolute atomic E-state index is 0.0499. The van der Waals surface area contributed by atoms with Crippen LogP contribution in [0.5, 0.6) is 11.5 Å². The first-order valence-corrected chi connectivity index (χ1v) is 6.06. The fourth-order valence-electron chi connectivity index (χ4n) is 2.56. The van der Waals surface area contributed by atoms with Crippen LogP contribution in [0.2, 0.25) is 0 Å². The molecule has 0 bridgehead atoms. The molecule has 96 valence electrons. The number of nitro benzene ring substituents is 1. The van der Waals surface area contributed by atoms with Gasteiger partial charge in [-0.2, -0.15) is 0 Å². The molecule has 0 amide bonds. The van der Waals surface area contributed by atoms with Gasteiger partial charge in [0.05, 0.1) is 11.0 Å². The van der Waals surface area contributed by atoms with Gasteiger partial charge in [0, 0.05) is 22.6 Å². The zero-order chi connectivity index (χ0) is 13.6. The smallest absolute Gasteiger partial charge is 0.273 e. The number of hydrogen-bond acceptors (Lipinski definition) is 3. The number of hydrogen-bond donors (Lipinski definition) is 0. The van der Waals surface area contributed by atoms with Crippen molar-refractivity contribution in [3.05, 3.63) is 63.7 Å². The van der Waals surface area contributed by atoms with Crippen molar-refractivity contribution < 1.29 is 9.66 Å². The number of rotatable bonds is 1. The van der Waals surface area contributed by atoms with E-state index in [1.807, 2.05) is 24.3 Å². The minimum atomic E-state index is -0.406. The summed E-state index contributed by atoms with van der Waals surface area (Å²) in [5, 5.41) is 10.8. The lowest BCUT2D eigenvalue weighted by atomic mass is 9.76. The molecule has 4 nitrogen and oxygen atoms in total. The van der Waals surface area contributed by atoms with Gasteiger partial charge in [0.25, 0.3) is 5.69 Å². The molecule has 0 aliphatic carbocycles. The first kappa shape index (κ1) is 11.7. The molecule has 2 aromatic rings. The molecule has 1 heterocycles. The maximum Gasteiger partial charge on any atom is 0.273 e. The second kappa shape index (κ2) is 3.82. The molecule has 0 radical (unpaired) electrons. The quantitative estimate of drug-likeness (QED) is 0.571. The van der Waals surface area contributed by atoms with Gasteiger partial charge in [0.1, 0.15) is 11.5 Å². The summed E-state index contributed by atoms with van der Waals surface area (Å²) in [5.41, 5.74) is 1.89. The van der Waals surface area contributed by atoms with Crippen molar-refractivity contribution in [2.45, 2.75) is 19.3 Å². The van der Waals surface area contributed by atoms with Crippen molar-refractivity contribution >= 4 is 5.69 Å². The SMILES string of the molecule is CC1(C)c2ccccc2Oc2cc([N+](=O)[O-])ccc21. The Morgan fingerprint density at radius 1 is 1.05 bits per heavy atom. The third kappa shape index (κ3) is 1.68. The Bertz CT molecular complexity index is 677. The highest BCUT2D eigenvalue weighted by Crippen LogP contribution is 2.48. The van der Waals surface area contributed by atoms with E-state index in [9.17, 15) is 10.1 Å². The second-order valence-corrected chi connectivity index (χ2v) is 5.16. The van der Waals surface area contributed by atoms with Gasteiger partial charge in [0.15, 0.2) is 0 Å². The van der Waals surface area contributed by atoms with E-state index in [0.717, 1.165) is 16.9 Å². The van der Waals surface area contributed by atoms with Crippen molar-refractivity contribution in [1.29, 1.82) is 0 Å². The Kier molecular flexibility index (Phi) is 2.35. The lowest BCUT2D eigenvalue weighted by molar-refractivity contribution is -0.384. The molecule has 0 saturated carbocycles. The molecule has 0 spiro atoms. The highest BCUT2D eigenvalue weighted by Gasteiger charge is 2.34. The Morgan fingerprint density at radius 3 is 2.47 bits per heavy atom. The van der Waals surface area contributed by atoms with Gasteiger partial charge in [0.2, 0.25) is 0 Å². The average molecular weight is 255 g/mol. The monoisotopic (exact) mass is 255 g/mol. The number of fused-ring (bicyclic) bond motifs is 2. The molecule has 3 rings (SSSR count). The average Bonchev–Trinajstić information content (AvgIpc) is 2.38. The van der Waals surface area contributed by atoms with Crippen LogP contribution in [0.25, 0.3) is 0 Å². The molecule has 1 aliphatic heterocycles. The molecule has 0 unspecified atom stereocenters. The number of para-hydroxylation sites is 1. The Balaban J connectivity index is 2.21. The first-order valence-electron chi connectivity index (χ1n) is 6.06. The van der Waals surface area contributed by atoms with E-state index in [1.165, 1.54) is 12.1 Å². The Hall–Kier alpha value is -2.36. The zero-order valence-electron chi connectivity index (χ0n) is 10.7. The van der Waals surface area contributed by atoms with E-state index < -0.39 is 4.92 Å². The van der Waals surface area contributed by atoms with Crippen molar-refractivity contribution in [2.24, 2.45) is 0 Å². The largest absolute Gasteiger partial charge is 0.456 e. The van der Waals surface area contributed by atoms with Gasteiger partial charge in [-0.15, -0.1) is 0 Å². The third-order valence-electron chi connectivity index (χ3n) is 3.63. The number of non-ortho nitro benzene ring substituents is 1. The van der Waals surface area contributed by atoms with Crippen LogP contribution < -0.4 is 4.74 Å². The molecule has 0 fully saturated rings. The van der Waals surface area contributed by atoms with E-state index in [1.54, 1.807) is 6.07 Å². The van der Waals surface area contributed by atoms with Crippen LogP contribution in [-0.2, 0) is 5.41 Å². The van der Waals surface area contributed by atoms with Crippen molar-refractivity contribution in [3.63, 3.8) is 0 Å². The Labute approximate surface area is 110 Å². The van der Waals surface area contributed by atoms with E-state index in [0.29, 0.717) is 5.75 Å². The van der Waals surface area contributed by atoms with Crippen LogP contribution in [0, 0.1) is 10.1 Å². The number of nitro groups is 1. The van der Waals surface area contributed by atoms with Crippen LogP contribution in [0.15, 0.2) is 42.5 Å². The second-order valence-electron chi connectivity index (χ2n) is 5.16. The van der Waals surface area contributed by atoms with E-state index in [-0.39, 0.29) is 11.1 Å². The van der Waals surface area contributed by atoms with E-state index in [4.69, 9.17) is 4.74 Å². The molecule has 0 saturated heterocycles. The summed E-state index contributed by atoms with van der Waals surface area (Å²) in [6.45, 7) is 4.19. The molecular weight excluding hydrogens is 242 g/mol. The number of benzene rings is 2. The van der Waals surface area contributed by atoms with Crippen LogP contribution in [-0.4, -0.2) is 4.92 Å². The van der Waals surface area contributed by atoms with Gasteiger partial charge in [-0.25, -0.2) is 0 Å². The molecule has 0 atom stereocenters. The summed E-state index contributed by atoms with van der Waals surface area (Å²) < 4.78 is 5.80. The maximum absolute atomic E-state index is 10.8. The van der Waals surface area contributed by atoms with E-state index >= 15 is 0 Å². The van der Waals surface area contributed by atoms with Crippen molar-refractivity contribution in [1.82, 2.24) is 0 Å². The standard InChI is InChI=1S/C15H13NO3/c1-15(2)11-5-3-4-6-13(11)19-14-9-10(16(17)18)7-8-12(14)15/h3-9H,1-2H3. The van der Waals surface area contributed by atoms with Gasteiger partial charge >= 0.3 is 0 Å². The topological polar surface area (TPSA) is 52.4 Å². The fraction of sp³-hybridized carbons (Fsp3) is 0.200. The normalized spacial score (nSPS) is 15.1. The lowest BCUT2D eigenvalue weighted by Gasteiger charge is -2.34. The molecule has 0 aromatic heterocycles. The van der Waals surface area contributed by atoms with Crippen LogP contribution in [0.4, 0.5) is 5.69 Å². The van der Waals surface area contributed by atoms with Gasteiger partial charge in [-0.3, -0.25) is 10.1 Å². The van der Waals surface area contributed by atoms with Gasteiger partial charge < -0.3 is 4.74 Å². The van der Waals surface area contributed by atoms with Gasteiger partial charge in [-0.1, -0.05) is 32.0 Å². The Morgan fingerprint density at radius 2 is 1.74 bits per heavy atom. The summed E-state index contributed by atoms with van der Waals surface area (Å²) in [4.78, 5) is 10.4. The highest BCUT2D eigenvalue weighted by atomic mass is 16.6. The summed E-state index contributed by atoms with van der Waals surface area (Å²) in [7, 11) is 0. The molecule has 4 heteroatoms. The fourth-order valence-corrected chi connectivity index (χ4v) is 2.56. The summed E-state index contributed by atoms with van der Waals surface area (Å²) in [6.07, 6.45) is 0. The number of ether oxygens (including phenoxy) is 1. The van der Waals surface area contributed by atoms with Gasteiger partial charge in [-0.05, 0) is 12.1 Å². The van der Waals surface area contributed by atoms with Crippen LogP contribution in [0.1, 0.15) is 25.0 Å². The van der Waals surface area contributed by atoms with E-state index in [2.05, 4.69) is 13.8 Å². The molecule has 2 aromatic carbocycles. The zero-order valence-corrected chi connectivity index (χ0v) is 10.7. The predicted molar refractivity (Wildman–Crippen MR) is 71.7 cm³/mol. The molecule has 0 N–H and O–H groups in total. The summed E-state index contributed by atoms with van der Waals surface area (Å²) in [5.74, 6) is 1.33. The first-order chi connectivity index (χ1) is 9.00. The predicted octanol–water partition coefficient (Wildman–Crippen LogP) is 4.03. The minimum Gasteiger partial charge on any atom is -0.456 e. The van der Waals surface area contributed by atoms with Crippen LogP contribution in [0.3, 0.4) is 0 Å². The molecule has 1 aliphatic rings. The highest BCUT2D eigenvalue weighted by molar-refractivity contribution is 5.59. The van der Waals surface area contributed by atoms with Crippen molar-refractivity contribution in [2.75, 3.05) is 0 Å². The lowest BCUT2D eigenvalue weighted by Crippen LogP contribution is -2.24.